The van der Waals surface area contributed by atoms with Gasteiger partial charge in [0.25, 0.3) is 5.56 Å². The Morgan fingerprint density at radius 1 is 1.08 bits per heavy atom. The van der Waals surface area contributed by atoms with Gasteiger partial charge in [0.1, 0.15) is 0 Å². The van der Waals surface area contributed by atoms with Gasteiger partial charge in [-0.25, -0.2) is 0 Å². The molecule has 0 aliphatic carbocycles. The molecule has 25 heavy (non-hydrogen) atoms. The fourth-order valence-electron chi connectivity index (χ4n) is 2.85. The number of rotatable bonds is 4. The normalized spacial score (nSPS) is 10.9. The van der Waals surface area contributed by atoms with E-state index in [9.17, 15) is 4.79 Å². The van der Waals surface area contributed by atoms with Crippen LogP contribution in [0.25, 0.3) is 22.4 Å². The highest BCUT2D eigenvalue weighted by Gasteiger charge is 2.13. The summed E-state index contributed by atoms with van der Waals surface area (Å²) in [5.74, 6) is 0. The first kappa shape index (κ1) is 15.1. The van der Waals surface area contributed by atoms with Crippen LogP contribution in [0.5, 0.6) is 0 Å². The number of benzene rings is 1. The van der Waals surface area contributed by atoms with Crippen LogP contribution in [0.2, 0.25) is 0 Å². The third-order valence-electron chi connectivity index (χ3n) is 4.15. The van der Waals surface area contributed by atoms with Crippen LogP contribution in [-0.4, -0.2) is 24.5 Å². The highest BCUT2D eigenvalue weighted by molar-refractivity contribution is 5.80. The summed E-state index contributed by atoms with van der Waals surface area (Å²) >= 11 is 0. The summed E-state index contributed by atoms with van der Waals surface area (Å²) in [5.41, 5.74) is 4.64. The lowest BCUT2D eigenvalue weighted by Crippen LogP contribution is -2.15. The largest absolute Gasteiger partial charge is 0.318 e. The van der Waals surface area contributed by atoms with Crippen LogP contribution >= 0.6 is 0 Å². The minimum absolute atomic E-state index is 0.0648. The first-order valence-corrected chi connectivity index (χ1v) is 7.98. The Hall–Kier alpha value is -3.41. The van der Waals surface area contributed by atoms with Crippen molar-refractivity contribution in [3.05, 3.63) is 83.2 Å². The molecule has 3 heterocycles. The van der Waals surface area contributed by atoms with Crippen molar-refractivity contribution < 1.29 is 0 Å². The number of nitrogens with one attached hydrogen (secondary N) is 1. The Morgan fingerprint density at radius 2 is 1.92 bits per heavy atom. The molecule has 0 radical (unpaired) electrons. The Morgan fingerprint density at radius 3 is 2.68 bits per heavy atom. The van der Waals surface area contributed by atoms with Crippen molar-refractivity contribution >= 4 is 0 Å². The standard InChI is InChI=1S/C19H17N5O/c1-23-13-17(16(9-19(23)25)18-7-8-20-22-18)15-10-21-24(12-15)11-14-5-3-2-4-6-14/h2-10,12-13H,11H2,1H3,(H,20,22). The van der Waals surface area contributed by atoms with Gasteiger partial charge in [-0.2, -0.15) is 10.2 Å². The number of hydrogen-bond donors (Lipinski definition) is 1. The van der Waals surface area contributed by atoms with Gasteiger partial charge in [0.05, 0.1) is 18.4 Å². The third-order valence-corrected chi connectivity index (χ3v) is 4.15. The van der Waals surface area contributed by atoms with Crippen LogP contribution < -0.4 is 5.56 Å². The fourth-order valence-corrected chi connectivity index (χ4v) is 2.85. The molecule has 0 aliphatic heterocycles. The molecule has 0 atom stereocenters. The molecule has 124 valence electrons. The topological polar surface area (TPSA) is 68.5 Å². The van der Waals surface area contributed by atoms with Gasteiger partial charge in [-0.15, -0.1) is 0 Å². The van der Waals surface area contributed by atoms with E-state index in [0.717, 1.165) is 22.4 Å². The van der Waals surface area contributed by atoms with Crippen molar-refractivity contribution in [2.75, 3.05) is 0 Å². The van der Waals surface area contributed by atoms with Gasteiger partial charge in [0.15, 0.2) is 0 Å². The number of nitrogens with zero attached hydrogens (tertiary/aromatic N) is 4. The zero-order valence-electron chi connectivity index (χ0n) is 13.8. The number of aromatic amines is 1. The summed E-state index contributed by atoms with van der Waals surface area (Å²) in [7, 11) is 1.75. The number of hydrogen-bond acceptors (Lipinski definition) is 3. The Bertz CT molecular complexity index is 1050. The number of aryl methyl sites for hydroxylation is 1. The molecule has 6 nitrogen and oxygen atoms in total. The van der Waals surface area contributed by atoms with E-state index in [1.54, 1.807) is 23.9 Å². The molecule has 0 amide bonds. The van der Waals surface area contributed by atoms with Crippen LogP contribution in [0.1, 0.15) is 5.56 Å². The van der Waals surface area contributed by atoms with Crippen LogP contribution in [0.4, 0.5) is 0 Å². The maximum Gasteiger partial charge on any atom is 0.250 e. The molecule has 0 saturated carbocycles. The summed E-state index contributed by atoms with van der Waals surface area (Å²) in [6.45, 7) is 0.700. The molecule has 0 aliphatic rings. The molecule has 4 aromatic rings. The highest BCUT2D eigenvalue weighted by Crippen LogP contribution is 2.29. The quantitative estimate of drug-likeness (QED) is 0.625. The highest BCUT2D eigenvalue weighted by atomic mass is 16.1. The molecular formula is C19H17N5O. The number of aromatic nitrogens is 5. The maximum absolute atomic E-state index is 12.1. The van der Waals surface area contributed by atoms with Crippen LogP contribution in [-0.2, 0) is 13.6 Å². The summed E-state index contributed by atoms with van der Waals surface area (Å²) in [6, 6.07) is 13.7. The third kappa shape index (κ3) is 3.01. The zero-order valence-corrected chi connectivity index (χ0v) is 13.8. The van der Waals surface area contributed by atoms with Crippen molar-refractivity contribution in [3.63, 3.8) is 0 Å². The maximum atomic E-state index is 12.1. The smallest absolute Gasteiger partial charge is 0.250 e. The van der Waals surface area contributed by atoms with Gasteiger partial charge in [-0.3, -0.25) is 14.6 Å². The van der Waals surface area contributed by atoms with Crippen molar-refractivity contribution in [2.24, 2.45) is 7.05 Å². The number of pyridine rings is 1. The average molecular weight is 331 g/mol. The molecule has 0 spiro atoms. The second-order valence-corrected chi connectivity index (χ2v) is 5.93. The Kier molecular flexibility index (Phi) is 3.78. The van der Waals surface area contributed by atoms with Gasteiger partial charge in [0, 0.05) is 48.4 Å². The van der Waals surface area contributed by atoms with Gasteiger partial charge < -0.3 is 4.57 Å². The van der Waals surface area contributed by atoms with Crippen molar-refractivity contribution in [2.45, 2.75) is 6.54 Å². The summed E-state index contributed by atoms with van der Waals surface area (Å²) in [6.07, 6.45) is 7.33. The van der Waals surface area contributed by atoms with Gasteiger partial charge in [0.2, 0.25) is 0 Å². The van der Waals surface area contributed by atoms with Gasteiger partial charge >= 0.3 is 0 Å². The van der Waals surface area contributed by atoms with E-state index in [1.807, 2.05) is 47.5 Å². The first-order chi connectivity index (χ1) is 12.2. The summed E-state index contributed by atoms with van der Waals surface area (Å²) in [4.78, 5) is 12.1. The van der Waals surface area contributed by atoms with Crippen LogP contribution in [0, 0.1) is 0 Å². The first-order valence-electron chi connectivity index (χ1n) is 7.98. The van der Waals surface area contributed by atoms with E-state index in [1.165, 1.54) is 5.56 Å². The van der Waals surface area contributed by atoms with E-state index in [4.69, 9.17) is 0 Å². The minimum atomic E-state index is -0.0648. The SMILES string of the molecule is Cn1cc(-c2cnn(Cc3ccccc3)c2)c(-c2ccn[nH]2)cc1=O. The van der Waals surface area contributed by atoms with Crippen molar-refractivity contribution in [3.8, 4) is 22.4 Å². The molecule has 0 saturated heterocycles. The molecule has 1 aromatic carbocycles. The predicted octanol–water partition coefficient (Wildman–Crippen LogP) is 2.69. The van der Waals surface area contributed by atoms with E-state index in [-0.39, 0.29) is 5.56 Å². The van der Waals surface area contributed by atoms with Gasteiger partial charge in [-0.05, 0) is 11.6 Å². The zero-order chi connectivity index (χ0) is 17.2. The van der Waals surface area contributed by atoms with Crippen molar-refractivity contribution in [1.82, 2.24) is 24.5 Å². The Balaban J connectivity index is 1.75. The lowest BCUT2D eigenvalue weighted by molar-refractivity contribution is 0.687. The molecule has 0 unspecified atom stereocenters. The second kappa shape index (κ2) is 6.24. The fraction of sp³-hybridized carbons (Fsp3) is 0.105. The molecule has 3 aromatic heterocycles. The molecule has 0 bridgehead atoms. The van der Waals surface area contributed by atoms with E-state index < -0.39 is 0 Å². The van der Waals surface area contributed by atoms with Crippen LogP contribution in [0.3, 0.4) is 0 Å². The van der Waals surface area contributed by atoms with E-state index >= 15 is 0 Å². The molecule has 4 rings (SSSR count). The second-order valence-electron chi connectivity index (χ2n) is 5.93. The minimum Gasteiger partial charge on any atom is -0.318 e. The molecular weight excluding hydrogens is 314 g/mol. The van der Waals surface area contributed by atoms with Crippen LogP contribution in [0.15, 0.2) is 72.0 Å². The molecule has 6 heteroatoms. The average Bonchev–Trinajstić information content (AvgIpc) is 3.30. The molecule has 0 fully saturated rings. The van der Waals surface area contributed by atoms with Gasteiger partial charge in [-0.1, -0.05) is 30.3 Å². The Labute approximate surface area is 144 Å². The predicted molar refractivity (Wildman–Crippen MR) is 96.0 cm³/mol. The lowest BCUT2D eigenvalue weighted by atomic mass is 10.0. The van der Waals surface area contributed by atoms with E-state index in [0.29, 0.717) is 6.54 Å². The monoisotopic (exact) mass is 331 g/mol. The number of H-pyrrole nitrogens is 1. The van der Waals surface area contributed by atoms with E-state index in [2.05, 4.69) is 27.4 Å². The summed E-state index contributed by atoms with van der Waals surface area (Å²) in [5, 5.41) is 11.4. The lowest BCUT2D eigenvalue weighted by Gasteiger charge is -2.08. The van der Waals surface area contributed by atoms with Crippen molar-refractivity contribution in [1.29, 1.82) is 0 Å². The summed E-state index contributed by atoms with van der Waals surface area (Å²) < 4.78 is 3.47. The molecule has 1 N–H and O–H groups in total.